The molecular weight excluding hydrogens is 398 g/mol. The first-order valence-corrected chi connectivity index (χ1v) is 8.74. The predicted octanol–water partition coefficient (Wildman–Crippen LogP) is 1.92. The third kappa shape index (κ3) is 3.07. The number of para-hydroxylation sites is 1. The topological polar surface area (TPSA) is 137 Å². The molecule has 2 heterocycles. The van der Waals surface area contributed by atoms with Gasteiger partial charge in [-0.25, -0.2) is 14.3 Å². The largest absolute Gasteiger partial charge is 0.504 e. The lowest BCUT2D eigenvalue weighted by Gasteiger charge is -2.10. The summed E-state index contributed by atoms with van der Waals surface area (Å²) in [6.07, 6.45) is 0. The Hall–Kier alpha value is -3.85. The molecule has 0 aliphatic carbocycles. The maximum absolute atomic E-state index is 12.5. The Kier molecular flexibility index (Phi) is 4.44. The highest BCUT2D eigenvalue weighted by Gasteiger charge is 2.16. The summed E-state index contributed by atoms with van der Waals surface area (Å²) >= 11 is 5.89. The number of phenolic OH excluding ortho intramolecular Hbond substituents is 1. The van der Waals surface area contributed by atoms with E-state index >= 15 is 0 Å². The second kappa shape index (κ2) is 6.95. The van der Waals surface area contributed by atoms with Gasteiger partial charge in [0.25, 0.3) is 5.56 Å². The van der Waals surface area contributed by atoms with E-state index in [0.717, 1.165) is 4.57 Å². The van der Waals surface area contributed by atoms with Gasteiger partial charge in [0.05, 0.1) is 18.4 Å². The van der Waals surface area contributed by atoms with E-state index in [9.17, 15) is 14.7 Å². The second-order valence-corrected chi connectivity index (χ2v) is 6.52. The number of rotatable bonds is 3. The van der Waals surface area contributed by atoms with E-state index in [1.165, 1.54) is 7.11 Å². The molecule has 0 unspecified atom stereocenters. The van der Waals surface area contributed by atoms with E-state index in [0.29, 0.717) is 10.7 Å². The Morgan fingerprint density at radius 2 is 1.86 bits per heavy atom. The molecule has 4 aromatic rings. The van der Waals surface area contributed by atoms with Crippen LogP contribution < -0.4 is 21.5 Å². The monoisotopic (exact) mass is 411 g/mol. The molecule has 2 aromatic heterocycles. The van der Waals surface area contributed by atoms with Gasteiger partial charge in [0.15, 0.2) is 17.0 Å². The lowest BCUT2D eigenvalue weighted by atomic mass is 10.1. The molecule has 0 amide bonds. The second-order valence-electron chi connectivity index (χ2n) is 6.09. The van der Waals surface area contributed by atoms with Crippen molar-refractivity contribution in [2.75, 3.05) is 7.11 Å². The van der Waals surface area contributed by atoms with Crippen molar-refractivity contribution in [1.82, 2.24) is 19.5 Å². The van der Waals surface area contributed by atoms with Crippen molar-refractivity contribution >= 4 is 22.6 Å². The van der Waals surface area contributed by atoms with Crippen LogP contribution in [-0.2, 0) is 0 Å². The number of nitrogens with zero attached hydrogens (tertiary/aromatic N) is 2. The highest BCUT2D eigenvalue weighted by molar-refractivity contribution is 6.30. The number of fused-ring (bicyclic) bond motifs is 1. The molecule has 10 heteroatoms. The van der Waals surface area contributed by atoms with Crippen LogP contribution in [0.15, 0.2) is 52.1 Å². The molecule has 0 aliphatic heterocycles. The Balaban J connectivity index is 2.03. The summed E-state index contributed by atoms with van der Waals surface area (Å²) < 4.78 is 6.15. The smallest absolute Gasteiger partial charge is 0.332 e. The van der Waals surface area contributed by atoms with E-state index in [1.807, 2.05) is 0 Å². The van der Waals surface area contributed by atoms with E-state index in [-0.39, 0.29) is 39.4 Å². The summed E-state index contributed by atoms with van der Waals surface area (Å²) in [6, 6.07) is 11.0. The van der Waals surface area contributed by atoms with E-state index in [2.05, 4.69) is 15.0 Å². The minimum atomic E-state index is -0.672. The van der Waals surface area contributed by atoms with Crippen LogP contribution >= 0.6 is 11.6 Å². The first-order chi connectivity index (χ1) is 13.9. The highest BCUT2D eigenvalue weighted by Crippen LogP contribution is 2.34. The van der Waals surface area contributed by atoms with Gasteiger partial charge in [-0.05, 0) is 36.4 Å². The fourth-order valence-electron chi connectivity index (χ4n) is 2.97. The maximum Gasteiger partial charge on any atom is 0.332 e. The average Bonchev–Trinajstić information content (AvgIpc) is 2.70. The molecule has 0 saturated carbocycles. The number of aromatic hydroxyl groups is 1. The molecule has 29 heavy (non-hydrogen) atoms. The normalized spacial score (nSPS) is 11.0. The van der Waals surface area contributed by atoms with Gasteiger partial charge in [-0.15, -0.1) is 0 Å². The number of halogens is 1. The van der Waals surface area contributed by atoms with Gasteiger partial charge < -0.3 is 19.8 Å². The van der Waals surface area contributed by atoms with Gasteiger partial charge in [0, 0.05) is 5.02 Å². The standard InChI is InChI=1S/C19H14ClN5O4/c1-29-12-4-2-3-11(15(12)26)17-22-13-14(18(27)24-17)23-19(28)25(16(13)21)10-7-5-9(20)6-8-10/h2-8,21,26H,1H3,(H,23,28)(H,22,24,27). The maximum atomic E-state index is 12.5. The van der Waals surface area contributed by atoms with Crippen LogP contribution in [0.5, 0.6) is 11.5 Å². The summed E-state index contributed by atoms with van der Waals surface area (Å²) in [4.78, 5) is 34.3. The zero-order valence-electron chi connectivity index (χ0n) is 15.0. The van der Waals surface area contributed by atoms with Gasteiger partial charge >= 0.3 is 5.69 Å². The minimum Gasteiger partial charge on any atom is -0.504 e. The van der Waals surface area contributed by atoms with E-state index in [4.69, 9.17) is 21.7 Å². The minimum absolute atomic E-state index is 0.0297. The van der Waals surface area contributed by atoms with Crippen molar-refractivity contribution in [3.63, 3.8) is 0 Å². The molecule has 0 radical (unpaired) electrons. The summed E-state index contributed by atoms with van der Waals surface area (Å²) in [6.45, 7) is 0. The number of phenols is 1. The lowest BCUT2D eigenvalue weighted by Crippen LogP contribution is -2.36. The fraction of sp³-hybridized carbons (Fsp3) is 0.0526. The molecule has 4 rings (SSSR count). The summed E-state index contributed by atoms with van der Waals surface area (Å²) in [5.41, 5.74) is -1.20. The van der Waals surface area contributed by atoms with Gasteiger partial charge in [0.2, 0.25) is 0 Å². The number of methoxy groups -OCH3 is 1. The van der Waals surface area contributed by atoms with Crippen molar-refractivity contribution in [1.29, 1.82) is 5.41 Å². The van der Waals surface area contributed by atoms with Gasteiger partial charge in [0.1, 0.15) is 16.9 Å². The van der Waals surface area contributed by atoms with Crippen LogP contribution in [0, 0.1) is 5.41 Å². The Morgan fingerprint density at radius 3 is 2.55 bits per heavy atom. The van der Waals surface area contributed by atoms with Crippen molar-refractivity contribution in [2.24, 2.45) is 0 Å². The van der Waals surface area contributed by atoms with Crippen LogP contribution in [0.1, 0.15) is 0 Å². The first-order valence-electron chi connectivity index (χ1n) is 8.37. The van der Waals surface area contributed by atoms with Gasteiger partial charge in [-0.2, -0.15) is 0 Å². The zero-order chi connectivity index (χ0) is 20.7. The van der Waals surface area contributed by atoms with Crippen molar-refractivity contribution in [2.45, 2.75) is 0 Å². The van der Waals surface area contributed by atoms with Crippen LogP contribution in [0.2, 0.25) is 5.02 Å². The third-order valence-electron chi connectivity index (χ3n) is 4.36. The number of benzene rings is 2. The van der Waals surface area contributed by atoms with E-state index < -0.39 is 11.2 Å². The molecule has 0 aliphatic rings. The molecule has 0 bridgehead atoms. The number of hydrogen-bond acceptors (Lipinski definition) is 6. The summed E-state index contributed by atoms with van der Waals surface area (Å²) in [7, 11) is 1.40. The Labute approximate surface area is 167 Å². The van der Waals surface area contributed by atoms with Crippen LogP contribution in [0.3, 0.4) is 0 Å². The fourth-order valence-corrected chi connectivity index (χ4v) is 3.10. The number of hydrogen-bond donors (Lipinski definition) is 4. The van der Waals surface area contributed by atoms with Crippen LogP contribution in [0.4, 0.5) is 0 Å². The highest BCUT2D eigenvalue weighted by atomic mass is 35.5. The Morgan fingerprint density at radius 1 is 1.14 bits per heavy atom. The van der Waals surface area contributed by atoms with Crippen LogP contribution in [-0.4, -0.2) is 31.7 Å². The van der Waals surface area contributed by atoms with Gasteiger partial charge in [-0.3, -0.25) is 10.2 Å². The number of nitrogens with one attached hydrogen (secondary N) is 3. The molecule has 9 nitrogen and oxygen atoms in total. The third-order valence-corrected chi connectivity index (χ3v) is 4.61. The number of H-pyrrole nitrogens is 2. The molecule has 0 fully saturated rings. The van der Waals surface area contributed by atoms with Crippen LogP contribution in [0.25, 0.3) is 28.1 Å². The molecule has 146 valence electrons. The molecule has 0 spiro atoms. The average molecular weight is 412 g/mol. The number of ether oxygens (including phenoxy) is 1. The predicted molar refractivity (Wildman–Crippen MR) is 107 cm³/mol. The quantitative estimate of drug-likeness (QED) is 0.408. The SMILES string of the molecule is COc1cccc(-c2nc3c(=N)n(-c4ccc(Cl)cc4)c(=O)[nH]c3c(=O)[nH]2)c1O. The first kappa shape index (κ1) is 18.5. The Bertz CT molecular complexity index is 1420. The molecule has 2 aromatic carbocycles. The lowest BCUT2D eigenvalue weighted by molar-refractivity contribution is 0.374. The molecule has 4 N–H and O–H groups in total. The van der Waals surface area contributed by atoms with Gasteiger partial charge in [-0.1, -0.05) is 17.7 Å². The summed E-state index contributed by atoms with van der Waals surface area (Å²) in [5.74, 6) is 0.0233. The molecule has 0 saturated heterocycles. The van der Waals surface area contributed by atoms with E-state index in [1.54, 1.807) is 42.5 Å². The van der Waals surface area contributed by atoms with Crippen molar-refractivity contribution in [3.05, 3.63) is 73.8 Å². The zero-order valence-corrected chi connectivity index (χ0v) is 15.7. The molecular formula is C19H14ClN5O4. The number of aromatic nitrogens is 4. The molecule has 0 atom stereocenters. The number of aromatic amines is 2. The summed E-state index contributed by atoms with van der Waals surface area (Å²) in [5, 5.41) is 19.3. The van der Waals surface area contributed by atoms with Crippen molar-refractivity contribution in [3.8, 4) is 28.6 Å². The van der Waals surface area contributed by atoms with Crippen molar-refractivity contribution < 1.29 is 9.84 Å².